The number of hydrogen-bond donors (Lipinski definition) is 3. The van der Waals surface area contributed by atoms with Crippen LogP contribution in [0.1, 0.15) is 84.0 Å². The number of nitrogens with one attached hydrogen (secondary N) is 1. The van der Waals surface area contributed by atoms with Gasteiger partial charge in [-0.1, -0.05) is 64.7 Å². The Morgan fingerprint density at radius 3 is 2.31 bits per heavy atom. The minimum Gasteiger partial charge on any atom is -0.466 e. The maximum atomic E-state index is 12.2. The van der Waals surface area contributed by atoms with Crippen molar-refractivity contribution in [1.82, 2.24) is 5.32 Å². The van der Waals surface area contributed by atoms with E-state index in [-0.39, 0.29) is 18.6 Å². The van der Waals surface area contributed by atoms with E-state index < -0.39 is 0 Å². The van der Waals surface area contributed by atoms with Crippen LogP contribution in [0.5, 0.6) is 0 Å². The lowest BCUT2D eigenvalue weighted by Crippen LogP contribution is -2.40. The topological polar surface area (TPSA) is 96.9 Å². The predicted molar refractivity (Wildman–Crippen MR) is 106 cm³/mol. The Labute approximate surface area is 158 Å². The first kappa shape index (κ1) is 22.5. The number of carbonyl (C=O) groups is 1. The van der Waals surface area contributed by atoms with Crippen LogP contribution in [0.2, 0.25) is 0 Å². The zero-order valence-electron chi connectivity index (χ0n) is 16.6. The van der Waals surface area contributed by atoms with Gasteiger partial charge in [-0.15, -0.1) is 0 Å². The van der Waals surface area contributed by atoms with Gasteiger partial charge in [-0.3, -0.25) is 0 Å². The van der Waals surface area contributed by atoms with E-state index in [1.807, 2.05) is 0 Å². The molecular formula is C20H37N3O3. The maximum Gasteiger partial charge on any atom is 0.337 e. The lowest BCUT2D eigenvalue weighted by molar-refractivity contribution is -0.136. The number of hydrogen-bond acceptors (Lipinski definition) is 6. The SMILES string of the molecule is CCCCCCCCCCC[C@H]1N=C(N)NC(CCCO)=C1C(=O)OC. The molecule has 1 heterocycles. The van der Waals surface area contributed by atoms with Crippen LogP contribution in [-0.4, -0.2) is 36.8 Å². The van der Waals surface area contributed by atoms with Crippen LogP contribution < -0.4 is 11.1 Å². The monoisotopic (exact) mass is 367 g/mol. The molecule has 0 aliphatic carbocycles. The van der Waals surface area contributed by atoms with Crippen molar-refractivity contribution in [2.45, 2.75) is 90.0 Å². The lowest BCUT2D eigenvalue weighted by atomic mass is 9.95. The number of nitrogens with zero attached hydrogens (tertiary/aromatic N) is 1. The molecule has 0 saturated heterocycles. The molecule has 1 rings (SSSR count). The number of guanidine groups is 1. The van der Waals surface area contributed by atoms with Gasteiger partial charge in [0.15, 0.2) is 5.96 Å². The molecule has 1 atom stereocenters. The molecule has 0 bridgehead atoms. The number of aliphatic imine (C=N–C) groups is 1. The van der Waals surface area contributed by atoms with E-state index in [9.17, 15) is 4.79 Å². The van der Waals surface area contributed by atoms with E-state index in [0.29, 0.717) is 24.4 Å². The number of aliphatic hydroxyl groups is 1. The average Bonchev–Trinajstić information content (AvgIpc) is 2.64. The smallest absolute Gasteiger partial charge is 0.337 e. The molecular weight excluding hydrogens is 330 g/mol. The summed E-state index contributed by atoms with van der Waals surface area (Å²) in [6.07, 6.45) is 13.2. The van der Waals surface area contributed by atoms with Crippen molar-refractivity contribution in [1.29, 1.82) is 0 Å². The maximum absolute atomic E-state index is 12.2. The van der Waals surface area contributed by atoms with Crippen molar-refractivity contribution in [3.63, 3.8) is 0 Å². The van der Waals surface area contributed by atoms with Crippen LogP contribution in [-0.2, 0) is 9.53 Å². The van der Waals surface area contributed by atoms with E-state index in [1.54, 1.807) is 0 Å². The number of ether oxygens (including phenoxy) is 1. The Balaban J connectivity index is 2.47. The molecule has 6 nitrogen and oxygen atoms in total. The third-order valence-electron chi connectivity index (χ3n) is 4.80. The minimum atomic E-state index is -0.359. The van der Waals surface area contributed by atoms with Crippen LogP contribution in [0.15, 0.2) is 16.3 Å². The highest BCUT2D eigenvalue weighted by atomic mass is 16.5. The van der Waals surface area contributed by atoms with Crippen molar-refractivity contribution in [3.05, 3.63) is 11.3 Å². The zero-order valence-corrected chi connectivity index (χ0v) is 16.6. The Morgan fingerprint density at radius 2 is 1.73 bits per heavy atom. The van der Waals surface area contributed by atoms with Crippen LogP contribution in [0.3, 0.4) is 0 Å². The molecule has 4 N–H and O–H groups in total. The van der Waals surface area contributed by atoms with Gasteiger partial charge in [0, 0.05) is 12.3 Å². The van der Waals surface area contributed by atoms with E-state index in [0.717, 1.165) is 25.0 Å². The number of esters is 1. The van der Waals surface area contributed by atoms with Gasteiger partial charge in [0.05, 0.1) is 18.7 Å². The number of rotatable bonds is 14. The summed E-state index contributed by atoms with van der Waals surface area (Å²) in [7, 11) is 1.39. The van der Waals surface area contributed by atoms with Gasteiger partial charge < -0.3 is 20.9 Å². The summed E-state index contributed by atoms with van der Waals surface area (Å²) < 4.78 is 4.95. The second kappa shape index (κ2) is 13.6. The Morgan fingerprint density at radius 1 is 1.12 bits per heavy atom. The fourth-order valence-electron chi connectivity index (χ4n) is 3.37. The normalized spacial score (nSPS) is 17.0. The summed E-state index contributed by atoms with van der Waals surface area (Å²) in [6, 6.07) is -0.248. The molecule has 6 heteroatoms. The number of carbonyl (C=O) groups excluding carboxylic acids is 1. The summed E-state index contributed by atoms with van der Waals surface area (Å²) in [5.41, 5.74) is 7.19. The van der Waals surface area contributed by atoms with E-state index in [4.69, 9.17) is 15.6 Å². The minimum absolute atomic E-state index is 0.0691. The van der Waals surface area contributed by atoms with Gasteiger partial charge in [-0.05, 0) is 19.3 Å². The van der Waals surface area contributed by atoms with E-state index in [2.05, 4.69) is 17.2 Å². The van der Waals surface area contributed by atoms with Crippen molar-refractivity contribution in [2.24, 2.45) is 10.7 Å². The number of allylic oxidation sites excluding steroid dienone is 1. The first-order valence-electron chi connectivity index (χ1n) is 10.2. The number of unbranched alkanes of at least 4 members (excludes halogenated alkanes) is 8. The van der Waals surface area contributed by atoms with Crippen LogP contribution in [0.25, 0.3) is 0 Å². The van der Waals surface area contributed by atoms with Gasteiger partial charge in [-0.25, -0.2) is 9.79 Å². The average molecular weight is 368 g/mol. The highest BCUT2D eigenvalue weighted by molar-refractivity contribution is 5.94. The van der Waals surface area contributed by atoms with E-state index in [1.165, 1.54) is 52.1 Å². The number of nitrogens with two attached hydrogens (primary N) is 1. The first-order valence-corrected chi connectivity index (χ1v) is 10.2. The fourth-order valence-corrected chi connectivity index (χ4v) is 3.37. The molecule has 0 spiro atoms. The van der Waals surface area contributed by atoms with Crippen molar-refractivity contribution < 1.29 is 14.6 Å². The second-order valence-corrected chi connectivity index (χ2v) is 6.98. The van der Waals surface area contributed by atoms with Crippen molar-refractivity contribution in [3.8, 4) is 0 Å². The molecule has 0 fully saturated rings. The third kappa shape index (κ3) is 8.21. The van der Waals surface area contributed by atoms with Crippen molar-refractivity contribution >= 4 is 11.9 Å². The summed E-state index contributed by atoms with van der Waals surface area (Å²) in [6.45, 7) is 2.31. The highest BCUT2D eigenvalue weighted by Crippen LogP contribution is 2.24. The van der Waals surface area contributed by atoms with Crippen LogP contribution in [0, 0.1) is 0 Å². The standard InChI is InChI=1S/C20H37N3O3/c1-3-4-5-6-7-8-9-10-11-13-16-18(19(25)26-2)17(14-12-15-24)23-20(21)22-16/h16,24H,3-15H2,1-2H3,(H3,21,22,23)/t16-/m1/s1. The number of methoxy groups -OCH3 is 1. The van der Waals surface area contributed by atoms with E-state index >= 15 is 0 Å². The van der Waals surface area contributed by atoms with Crippen molar-refractivity contribution in [2.75, 3.05) is 13.7 Å². The summed E-state index contributed by atoms with van der Waals surface area (Å²) in [5, 5.41) is 12.1. The zero-order chi connectivity index (χ0) is 19.2. The van der Waals surface area contributed by atoms with Gasteiger partial charge in [0.25, 0.3) is 0 Å². The molecule has 0 amide bonds. The molecule has 0 saturated carbocycles. The number of aliphatic hydroxyl groups excluding tert-OH is 1. The molecule has 0 aromatic heterocycles. The quantitative estimate of drug-likeness (QED) is 0.323. The van der Waals surface area contributed by atoms with Gasteiger partial charge in [-0.2, -0.15) is 0 Å². The van der Waals surface area contributed by atoms with Crippen LogP contribution >= 0.6 is 0 Å². The molecule has 150 valence electrons. The first-order chi connectivity index (χ1) is 12.6. The van der Waals surface area contributed by atoms with Gasteiger partial charge in [0.2, 0.25) is 0 Å². The molecule has 26 heavy (non-hydrogen) atoms. The summed E-state index contributed by atoms with van der Waals surface area (Å²) >= 11 is 0. The Hall–Kier alpha value is -1.56. The fraction of sp³-hybridized carbons (Fsp3) is 0.800. The molecule has 0 radical (unpaired) electrons. The Kier molecular flexibility index (Phi) is 11.8. The predicted octanol–water partition coefficient (Wildman–Crippen LogP) is 3.39. The summed E-state index contributed by atoms with van der Waals surface area (Å²) in [5.74, 6) is -0.0193. The largest absolute Gasteiger partial charge is 0.466 e. The third-order valence-corrected chi connectivity index (χ3v) is 4.80. The molecule has 1 aliphatic rings. The van der Waals surface area contributed by atoms with Gasteiger partial charge >= 0.3 is 5.97 Å². The van der Waals surface area contributed by atoms with Gasteiger partial charge in [0.1, 0.15) is 0 Å². The highest BCUT2D eigenvalue weighted by Gasteiger charge is 2.29. The second-order valence-electron chi connectivity index (χ2n) is 6.98. The van der Waals surface area contributed by atoms with Crippen LogP contribution in [0.4, 0.5) is 0 Å². The molecule has 0 aromatic rings. The molecule has 1 aliphatic heterocycles. The Bertz CT molecular complexity index is 475. The summed E-state index contributed by atoms with van der Waals surface area (Å²) in [4.78, 5) is 16.6. The molecule has 0 aromatic carbocycles. The lowest BCUT2D eigenvalue weighted by Gasteiger charge is -2.25. The molecule has 0 unspecified atom stereocenters.